The van der Waals surface area contributed by atoms with Gasteiger partial charge in [0.1, 0.15) is 11.3 Å². The Kier molecular flexibility index (Phi) is 4.21. The molecule has 0 radical (unpaired) electrons. The van der Waals surface area contributed by atoms with Crippen LogP contribution in [0.4, 0.5) is 18.0 Å². The second-order valence-corrected chi connectivity index (χ2v) is 6.94. The molecule has 1 aromatic rings. The fourth-order valence-corrected chi connectivity index (χ4v) is 2.17. The van der Waals surface area contributed by atoms with Crippen LogP contribution in [0.25, 0.3) is 6.08 Å². The number of amides is 1. The van der Waals surface area contributed by atoms with Crippen LogP contribution in [0.15, 0.2) is 16.7 Å². The fourth-order valence-electron chi connectivity index (χ4n) is 2.17. The zero-order valence-corrected chi connectivity index (χ0v) is 13.4. The average Bonchev–Trinajstić information content (AvgIpc) is 2.79. The summed E-state index contributed by atoms with van der Waals surface area (Å²) in [6.07, 6.45) is -1.76. The fraction of sp³-hybridized carbons (Fsp3) is 0.600. The van der Waals surface area contributed by atoms with Crippen molar-refractivity contribution in [3.8, 4) is 0 Å². The van der Waals surface area contributed by atoms with Crippen LogP contribution in [0.5, 0.6) is 0 Å². The van der Waals surface area contributed by atoms with Crippen molar-refractivity contribution >= 4 is 12.2 Å². The molecule has 0 atom stereocenters. The van der Waals surface area contributed by atoms with Gasteiger partial charge in [-0.1, -0.05) is 18.2 Å². The SMILES string of the molecule is CC1(/C=C/c2cc(C(F)(F)F)on2)CN(C(=O)OC(C)(C)C)C1. The Balaban J connectivity index is 1.92. The summed E-state index contributed by atoms with van der Waals surface area (Å²) in [4.78, 5) is 13.4. The third-order valence-electron chi connectivity index (χ3n) is 3.22. The predicted octanol–water partition coefficient (Wildman–Crippen LogP) is 3.96. The summed E-state index contributed by atoms with van der Waals surface area (Å²) in [5.74, 6) is -1.13. The highest BCUT2D eigenvalue weighted by Crippen LogP contribution is 2.34. The summed E-state index contributed by atoms with van der Waals surface area (Å²) in [7, 11) is 0. The molecule has 0 saturated carbocycles. The second kappa shape index (κ2) is 5.58. The van der Waals surface area contributed by atoms with Crippen LogP contribution in [-0.4, -0.2) is 34.8 Å². The van der Waals surface area contributed by atoms with Crippen molar-refractivity contribution in [3.63, 3.8) is 0 Å². The number of nitrogens with zero attached hydrogens (tertiary/aromatic N) is 2. The molecule has 0 unspecified atom stereocenters. The number of alkyl halides is 3. The molecule has 23 heavy (non-hydrogen) atoms. The number of aromatic nitrogens is 1. The van der Waals surface area contributed by atoms with E-state index in [1.807, 2.05) is 6.92 Å². The van der Waals surface area contributed by atoms with Crippen molar-refractivity contribution in [2.75, 3.05) is 13.1 Å². The minimum atomic E-state index is -4.55. The lowest BCUT2D eigenvalue weighted by Crippen LogP contribution is -2.57. The Bertz CT molecular complexity index is 608. The molecule has 2 rings (SSSR count). The van der Waals surface area contributed by atoms with Crippen LogP contribution in [-0.2, 0) is 10.9 Å². The molecular weight excluding hydrogens is 313 g/mol. The van der Waals surface area contributed by atoms with E-state index in [0.29, 0.717) is 13.1 Å². The predicted molar refractivity (Wildman–Crippen MR) is 76.5 cm³/mol. The lowest BCUT2D eigenvalue weighted by Gasteiger charge is -2.46. The minimum Gasteiger partial charge on any atom is -0.444 e. The number of carbonyl (C=O) groups is 1. The third-order valence-corrected chi connectivity index (χ3v) is 3.22. The minimum absolute atomic E-state index is 0.0919. The Labute approximate surface area is 132 Å². The van der Waals surface area contributed by atoms with E-state index < -0.39 is 23.6 Å². The highest BCUT2D eigenvalue weighted by Gasteiger charge is 2.41. The van der Waals surface area contributed by atoms with Gasteiger partial charge in [0.05, 0.1) is 0 Å². The molecule has 1 aromatic heterocycles. The van der Waals surface area contributed by atoms with Gasteiger partial charge in [0.15, 0.2) is 0 Å². The Morgan fingerprint density at radius 3 is 2.48 bits per heavy atom. The summed E-state index contributed by atoms with van der Waals surface area (Å²) < 4.78 is 46.7. The molecule has 1 aliphatic heterocycles. The first-order valence-electron chi connectivity index (χ1n) is 7.09. The van der Waals surface area contributed by atoms with Crippen molar-refractivity contribution in [2.45, 2.75) is 39.5 Å². The van der Waals surface area contributed by atoms with Gasteiger partial charge >= 0.3 is 12.3 Å². The Morgan fingerprint density at radius 2 is 2.00 bits per heavy atom. The Morgan fingerprint density at radius 1 is 1.39 bits per heavy atom. The van der Waals surface area contributed by atoms with Crippen LogP contribution < -0.4 is 0 Å². The maximum absolute atomic E-state index is 12.4. The molecule has 0 spiro atoms. The topological polar surface area (TPSA) is 55.6 Å². The van der Waals surface area contributed by atoms with Crippen molar-refractivity contribution in [1.29, 1.82) is 0 Å². The number of halogens is 3. The zero-order chi connectivity index (χ0) is 17.5. The van der Waals surface area contributed by atoms with Crippen molar-refractivity contribution < 1.29 is 27.2 Å². The standard InChI is InChI=1S/C15H19F3N2O3/c1-13(2,3)22-12(21)20-8-14(4,9-20)6-5-10-7-11(23-19-10)15(16,17)18/h5-7H,8-9H2,1-4H3/b6-5+. The molecule has 1 saturated heterocycles. The van der Waals surface area contributed by atoms with Gasteiger partial charge in [0.2, 0.25) is 5.76 Å². The van der Waals surface area contributed by atoms with Gasteiger partial charge in [0, 0.05) is 24.6 Å². The average molecular weight is 332 g/mol. The number of hydrogen-bond acceptors (Lipinski definition) is 4. The van der Waals surface area contributed by atoms with E-state index >= 15 is 0 Å². The quantitative estimate of drug-likeness (QED) is 0.822. The first-order valence-corrected chi connectivity index (χ1v) is 7.09. The maximum Gasteiger partial charge on any atom is 0.452 e. The monoisotopic (exact) mass is 332 g/mol. The number of carbonyl (C=O) groups excluding carboxylic acids is 1. The first-order chi connectivity index (χ1) is 10.4. The molecule has 0 bridgehead atoms. The highest BCUT2D eigenvalue weighted by molar-refractivity contribution is 5.69. The molecule has 1 amide bonds. The van der Waals surface area contributed by atoms with Gasteiger partial charge in [-0.05, 0) is 26.8 Å². The molecule has 8 heteroatoms. The van der Waals surface area contributed by atoms with E-state index in [0.717, 1.165) is 6.07 Å². The van der Waals surface area contributed by atoms with Crippen LogP contribution in [0, 0.1) is 5.41 Å². The summed E-state index contributed by atoms with van der Waals surface area (Å²) in [6, 6.07) is 0.837. The summed E-state index contributed by atoms with van der Waals surface area (Å²) in [6.45, 7) is 8.12. The van der Waals surface area contributed by atoms with Crippen molar-refractivity contribution in [1.82, 2.24) is 10.1 Å². The molecule has 0 aromatic carbocycles. The van der Waals surface area contributed by atoms with Gasteiger partial charge in [-0.3, -0.25) is 0 Å². The zero-order valence-electron chi connectivity index (χ0n) is 13.4. The van der Waals surface area contributed by atoms with Gasteiger partial charge in [-0.15, -0.1) is 0 Å². The molecule has 0 aliphatic carbocycles. The number of rotatable bonds is 2. The van der Waals surface area contributed by atoms with Crippen molar-refractivity contribution in [3.05, 3.63) is 23.6 Å². The maximum atomic E-state index is 12.4. The van der Waals surface area contributed by atoms with Gasteiger partial charge in [0.25, 0.3) is 0 Å². The number of likely N-dealkylation sites (tertiary alicyclic amines) is 1. The van der Waals surface area contributed by atoms with Gasteiger partial charge in [-0.25, -0.2) is 4.79 Å². The first kappa shape index (κ1) is 17.4. The van der Waals surface area contributed by atoms with Crippen molar-refractivity contribution in [2.24, 2.45) is 5.41 Å². The molecule has 128 valence electrons. The molecule has 5 nitrogen and oxygen atoms in total. The largest absolute Gasteiger partial charge is 0.452 e. The summed E-state index contributed by atoms with van der Waals surface area (Å²) in [5, 5.41) is 3.36. The molecular formula is C15H19F3N2O3. The van der Waals surface area contributed by atoms with Crippen LogP contribution in [0.2, 0.25) is 0 Å². The summed E-state index contributed by atoms with van der Waals surface area (Å²) in [5.41, 5.74) is -0.795. The highest BCUT2D eigenvalue weighted by atomic mass is 19.4. The lowest BCUT2D eigenvalue weighted by molar-refractivity contribution is -0.155. The molecule has 1 aliphatic rings. The van der Waals surface area contributed by atoms with E-state index in [1.165, 1.54) is 6.08 Å². The normalized spacial score (nSPS) is 18.1. The van der Waals surface area contributed by atoms with E-state index in [-0.39, 0.29) is 11.1 Å². The van der Waals surface area contributed by atoms with Crippen LogP contribution in [0.1, 0.15) is 39.1 Å². The van der Waals surface area contributed by atoms with E-state index in [2.05, 4.69) is 9.68 Å². The lowest BCUT2D eigenvalue weighted by atomic mass is 9.82. The van der Waals surface area contributed by atoms with E-state index in [4.69, 9.17) is 4.74 Å². The van der Waals surface area contributed by atoms with E-state index in [1.54, 1.807) is 31.7 Å². The van der Waals surface area contributed by atoms with Gasteiger partial charge < -0.3 is 14.2 Å². The van der Waals surface area contributed by atoms with Gasteiger partial charge in [-0.2, -0.15) is 13.2 Å². The second-order valence-electron chi connectivity index (χ2n) is 6.94. The number of hydrogen-bond donors (Lipinski definition) is 0. The molecule has 1 fully saturated rings. The molecule has 0 N–H and O–H groups in total. The van der Waals surface area contributed by atoms with E-state index in [9.17, 15) is 18.0 Å². The number of ether oxygens (including phenoxy) is 1. The van der Waals surface area contributed by atoms with Crippen LogP contribution >= 0.6 is 0 Å². The smallest absolute Gasteiger partial charge is 0.444 e. The summed E-state index contributed by atoms with van der Waals surface area (Å²) >= 11 is 0. The third kappa shape index (κ3) is 4.49. The molecule has 2 heterocycles. The van der Waals surface area contributed by atoms with Crippen LogP contribution in [0.3, 0.4) is 0 Å². The Hall–Kier alpha value is -1.99.